The number of halogens is 1. The molecule has 0 atom stereocenters. The Morgan fingerprint density at radius 3 is 2.52 bits per heavy atom. The predicted molar refractivity (Wildman–Crippen MR) is 131 cm³/mol. The molecule has 33 heavy (non-hydrogen) atoms. The van der Waals surface area contributed by atoms with Crippen molar-refractivity contribution in [3.63, 3.8) is 0 Å². The highest BCUT2D eigenvalue weighted by molar-refractivity contribution is 6.30. The van der Waals surface area contributed by atoms with Gasteiger partial charge in [-0.1, -0.05) is 23.7 Å². The molecule has 0 aliphatic carbocycles. The molecule has 0 bridgehead atoms. The summed E-state index contributed by atoms with van der Waals surface area (Å²) in [4.78, 5) is 28.7. The Morgan fingerprint density at radius 1 is 1.09 bits per heavy atom. The van der Waals surface area contributed by atoms with E-state index in [0.717, 1.165) is 24.3 Å². The molecule has 1 N–H and O–H groups in total. The number of anilines is 1. The summed E-state index contributed by atoms with van der Waals surface area (Å²) in [6, 6.07) is 13.1. The van der Waals surface area contributed by atoms with Gasteiger partial charge in [0.25, 0.3) is 0 Å². The van der Waals surface area contributed by atoms with Gasteiger partial charge < -0.3 is 24.6 Å². The zero-order chi connectivity index (χ0) is 23.8. The molecular weight excluding hydrogens is 442 g/mol. The van der Waals surface area contributed by atoms with Crippen LogP contribution in [0, 0.1) is 0 Å². The van der Waals surface area contributed by atoms with Crippen LogP contribution < -0.4 is 19.7 Å². The summed E-state index contributed by atoms with van der Waals surface area (Å²) in [5, 5.41) is 3.36. The number of rotatable bonds is 8. The summed E-state index contributed by atoms with van der Waals surface area (Å²) in [7, 11) is 1.57. The van der Waals surface area contributed by atoms with Crippen molar-refractivity contribution in [1.29, 1.82) is 0 Å². The molecule has 2 aromatic carbocycles. The van der Waals surface area contributed by atoms with Gasteiger partial charge in [0.1, 0.15) is 0 Å². The third kappa shape index (κ3) is 7.15. The van der Waals surface area contributed by atoms with E-state index in [-0.39, 0.29) is 24.5 Å². The number of hydrogen-bond acceptors (Lipinski definition) is 5. The molecule has 0 unspecified atom stereocenters. The van der Waals surface area contributed by atoms with Crippen LogP contribution in [-0.2, 0) is 9.59 Å². The van der Waals surface area contributed by atoms with E-state index in [0.29, 0.717) is 29.6 Å². The number of nitrogens with zero attached hydrogens (tertiary/aromatic N) is 2. The van der Waals surface area contributed by atoms with E-state index in [1.807, 2.05) is 50.2 Å². The fraction of sp³-hybridized carbons (Fsp3) is 0.360. The van der Waals surface area contributed by atoms with Crippen LogP contribution in [0.4, 0.5) is 5.69 Å². The van der Waals surface area contributed by atoms with Gasteiger partial charge in [0.05, 0.1) is 19.8 Å². The Morgan fingerprint density at radius 2 is 1.85 bits per heavy atom. The minimum absolute atomic E-state index is 0.0309. The van der Waals surface area contributed by atoms with E-state index in [1.54, 1.807) is 24.2 Å². The van der Waals surface area contributed by atoms with Gasteiger partial charge in [-0.3, -0.25) is 9.59 Å². The Hall–Kier alpha value is -3.19. The Bertz CT molecular complexity index is 1000. The monoisotopic (exact) mass is 471 g/mol. The highest BCUT2D eigenvalue weighted by atomic mass is 35.5. The van der Waals surface area contributed by atoms with Gasteiger partial charge in [-0.2, -0.15) is 0 Å². The zero-order valence-corrected chi connectivity index (χ0v) is 20.0. The molecule has 2 amide bonds. The van der Waals surface area contributed by atoms with Gasteiger partial charge in [-0.15, -0.1) is 0 Å². The maximum Gasteiger partial charge on any atom is 0.244 e. The smallest absolute Gasteiger partial charge is 0.244 e. The molecule has 0 aromatic heterocycles. The normalized spacial score (nSPS) is 14.0. The molecule has 2 aromatic rings. The van der Waals surface area contributed by atoms with Crippen LogP contribution in [0.25, 0.3) is 6.08 Å². The van der Waals surface area contributed by atoms with E-state index in [9.17, 15) is 9.59 Å². The lowest BCUT2D eigenvalue weighted by atomic mass is 10.2. The molecule has 0 saturated carbocycles. The first kappa shape index (κ1) is 24.5. The van der Waals surface area contributed by atoms with Gasteiger partial charge in [0.15, 0.2) is 11.5 Å². The zero-order valence-electron chi connectivity index (χ0n) is 19.2. The number of ether oxygens (including phenoxy) is 2. The van der Waals surface area contributed by atoms with Crippen molar-refractivity contribution in [2.24, 2.45) is 0 Å². The molecule has 3 rings (SSSR count). The Labute approximate surface area is 199 Å². The van der Waals surface area contributed by atoms with Crippen LogP contribution in [0.2, 0.25) is 5.02 Å². The number of hydrogen-bond donors (Lipinski definition) is 1. The number of methoxy groups -OCH3 is 1. The molecule has 8 heteroatoms. The summed E-state index contributed by atoms with van der Waals surface area (Å²) in [5.41, 5.74) is 1.84. The number of benzene rings is 2. The topological polar surface area (TPSA) is 71.1 Å². The molecular formula is C25H30ClN3O4. The molecule has 1 fully saturated rings. The van der Waals surface area contributed by atoms with Crippen LogP contribution in [0.3, 0.4) is 0 Å². The van der Waals surface area contributed by atoms with Crippen molar-refractivity contribution >= 4 is 35.2 Å². The second-order valence-electron chi connectivity index (χ2n) is 7.98. The third-order valence-corrected chi connectivity index (χ3v) is 5.43. The number of carbonyl (C=O) groups is 2. The molecule has 7 nitrogen and oxygen atoms in total. The lowest BCUT2D eigenvalue weighted by Gasteiger charge is -2.36. The maximum absolute atomic E-state index is 12.5. The summed E-state index contributed by atoms with van der Waals surface area (Å²) < 4.78 is 11.1. The van der Waals surface area contributed by atoms with Gasteiger partial charge in [-0.25, -0.2) is 0 Å². The molecule has 1 heterocycles. The quantitative estimate of drug-likeness (QED) is 0.595. The minimum atomic E-state index is -0.331. The standard InChI is InChI=1S/C25H30ClN3O4/c1-18(2)33-22-9-7-19(15-23(22)32-3)8-10-24(30)27-17-25(31)29-13-11-28(12-14-29)21-6-4-5-20(26)16-21/h4-10,15-16,18H,11-14,17H2,1-3H3,(H,27,30)/b10-8+. The summed E-state index contributed by atoms with van der Waals surface area (Å²) >= 11 is 6.07. The second-order valence-corrected chi connectivity index (χ2v) is 8.41. The number of carbonyl (C=O) groups excluding carboxylic acids is 2. The van der Waals surface area contributed by atoms with Crippen LogP contribution >= 0.6 is 11.6 Å². The number of amides is 2. The van der Waals surface area contributed by atoms with Crippen molar-refractivity contribution in [1.82, 2.24) is 10.2 Å². The van der Waals surface area contributed by atoms with Gasteiger partial charge in [-0.05, 0) is 55.8 Å². The van der Waals surface area contributed by atoms with Crippen molar-refractivity contribution in [2.75, 3.05) is 44.7 Å². The average molecular weight is 472 g/mol. The highest BCUT2D eigenvalue weighted by Crippen LogP contribution is 2.29. The largest absolute Gasteiger partial charge is 0.493 e. The summed E-state index contributed by atoms with van der Waals surface area (Å²) in [5.74, 6) is 0.815. The van der Waals surface area contributed by atoms with Gasteiger partial charge >= 0.3 is 0 Å². The summed E-state index contributed by atoms with van der Waals surface area (Å²) in [6.07, 6.45) is 3.11. The fourth-order valence-electron chi connectivity index (χ4n) is 3.53. The van der Waals surface area contributed by atoms with Gasteiger partial charge in [0.2, 0.25) is 11.8 Å². The fourth-order valence-corrected chi connectivity index (χ4v) is 3.72. The van der Waals surface area contributed by atoms with Crippen molar-refractivity contribution in [3.8, 4) is 11.5 Å². The first-order valence-electron chi connectivity index (χ1n) is 10.9. The predicted octanol–water partition coefficient (Wildman–Crippen LogP) is 3.61. The number of piperazine rings is 1. The first-order valence-corrected chi connectivity index (χ1v) is 11.3. The van der Waals surface area contributed by atoms with E-state index in [2.05, 4.69) is 10.2 Å². The minimum Gasteiger partial charge on any atom is -0.493 e. The van der Waals surface area contributed by atoms with E-state index < -0.39 is 0 Å². The molecule has 1 saturated heterocycles. The molecule has 1 aliphatic rings. The Kier molecular flexibility index (Phi) is 8.60. The van der Waals surface area contributed by atoms with Gasteiger partial charge in [0, 0.05) is 43.0 Å². The average Bonchev–Trinajstić information content (AvgIpc) is 2.81. The SMILES string of the molecule is COc1cc(/C=C/C(=O)NCC(=O)N2CCN(c3cccc(Cl)c3)CC2)ccc1OC(C)C. The third-order valence-electron chi connectivity index (χ3n) is 5.20. The van der Waals surface area contributed by atoms with Crippen LogP contribution in [0.1, 0.15) is 19.4 Å². The lowest BCUT2D eigenvalue weighted by molar-refractivity contribution is -0.132. The van der Waals surface area contributed by atoms with Crippen molar-refractivity contribution in [2.45, 2.75) is 20.0 Å². The first-order chi connectivity index (χ1) is 15.9. The van der Waals surface area contributed by atoms with Crippen LogP contribution in [-0.4, -0.2) is 62.7 Å². The van der Waals surface area contributed by atoms with E-state index >= 15 is 0 Å². The maximum atomic E-state index is 12.5. The van der Waals surface area contributed by atoms with Crippen molar-refractivity contribution < 1.29 is 19.1 Å². The van der Waals surface area contributed by atoms with Crippen LogP contribution in [0.15, 0.2) is 48.5 Å². The molecule has 0 spiro atoms. The number of nitrogens with one attached hydrogen (secondary N) is 1. The second kappa shape index (κ2) is 11.6. The summed E-state index contributed by atoms with van der Waals surface area (Å²) in [6.45, 7) is 6.49. The lowest BCUT2D eigenvalue weighted by Crippen LogP contribution is -2.51. The molecule has 0 radical (unpaired) electrons. The molecule has 1 aliphatic heterocycles. The van der Waals surface area contributed by atoms with E-state index in [4.69, 9.17) is 21.1 Å². The molecule has 176 valence electrons. The Balaban J connectivity index is 1.46. The highest BCUT2D eigenvalue weighted by Gasteiger charge is 2.21. The van der Waals surface area contributed by atoms with E-state index in [1.165, 1.54) is 6.08 Å². The van der Waals surface area contributed by atoms with Crippen molar-refractivity contribution in [3.05, 3.63) is 59.1 Å². The van der Waals surface area contributed by atoms with Crippen LogP contribution in [0.5, 0.6) is 11.5 Å².